The number of methoxy groups -OCH3 is 1. The number of ether oxygens (including phenoxy) is 3. The van der Waals surface area contributed by atoms with E-state index in [0.29, 0.717) is 22.2 Å². The van der Waals surface area contributed by atoms with E-state index in [1.165, 1.54) is 48.6 Å². The highest BCUT2D eigenvalue weighted by molar-refractivity contribution is 7.17. The van der Waals surface area contributed by atoms with Gasteiger partial charge in [-0.05, 0) is 93.2 Å². The zero-order valence-electron chi connectivity index (χ0n) is 49.2. The Kier molecular flexibility index (Phi) is 24.9. The van der Waals surface area contributed by atoms with E-state index < -0.39 is 152 Å². The lowest BCUT2D eigenvalue weighted by Crippen LogP contribution is -2.64. The molecule has 0 saturated carbocycles. The Morgan fingerprint density at radius 3 is 2.00 bits per heavy atom. The fourth-order valence-corrected chi connectivity index (χ4v) is 11.5. The maximum atomic E-state index is 14.7. The number of aromatic nitrogens is 2. The van der Waals surface area contributed by atoms with E-state index in [0.717, 1.165) is 60.3 Å². The number of aromatic hydroxyl groups is 1. The number of phenolic OH excluding ortho intramolecular Hbond substituents is 1. The van der Waals surface area contributed by atoms with Gasteiger partial charge in [0, 0.05) is 81.8 Å². The molecular formula is C59H81N11O17S. The van der Waals surface area contributed by atoms with Crippen molar-refractivity contribution in [3.05, 3.63) is 77.9 Å². The Bertz CT molecular complexity index is 3010. The normalized spacial score (nSPS) is 25.3. The van der Waals surface area contributed by atoms with Crippen LogP contribution in [0.25, 0.3) is 21.1 Å². The van der Waals surface area contributed by atoms with Gasteiger partial charge in [0.25, 0.3) is 5.91 Å². The molecule has 16 N–H and O–H groups in total. The second-order valence-electron chi connectivity index (χ2n) is 22.3. The Balaban J connectivity index is 1.15. The van der Waals surface area contributed by atoms with Crippen LogP contribution in [0, 0.1) is 5.92 Å². The van der Waals surface area contributed by atoms with E-state index in [4.69, 9.17) is 25.7 Å². The quantitative estimate of drug-likeness (QED) is 0.0371. The molecular weight excluding hydrogens is 1170 g/mol. The number of rotatable bonds is 22. The minimum absolute atomic E-state index is 0.00583. The standard InChI is InChI=1S/C59H81N11O17S/c1-31-29-70-49(50(31)77)55(82)62-28-37(72)26-40(63-51(78)34-9-11-35(12-10-34)56-67-68-57(88-56)36-13-15-39(16-14-36)86-22-7-5-4-6-21-85-3)52(79)64-46(32(2)71)58(83)69-30-38(73)27-41(69)53(80)65-47(54(81)66-48(59(70)84)43(75)18-19-60)44(76)24-33-8-17-42(74)45(25-33)87-23-20-61/h8-17,25,31-32,37-38,40-41,43-44,46-50,71-77H,4-7,18-24,26-30,60-61H2,1-3H3,(H,62,82)(H,63,78)(H,64,79)(H,65,80)(H,66,81)/t31-,32+,37+,38+,40-,41-,43+,44+,46-,47-,48-,49-,50-/m0/s1. The van der Waals surface area contributed by atoms with Crippen molar-refractivity contribution in [3.63, 3.8) is 0 Å². The van der Waals surface area contributed by atoms with Crippen LogP contribution in [0.5, 0.6) is 17.2 Å². The Morgan fingerprint density at radius 2 is 1.35 bits per heavy atom. The molecule has 4 heterocycles. The van der Waals surface area contributed by atoms with Crippen molar-refractivity contribution < 1.29 is 83.5 Å². The molecule has 29 heteroatoms. The van der Waals surface area contributed by atoms with Crippen LogP contribution in [0.3, 0.4) is 0 Å². The Morgan fingerprint density at radius 1 is 0.716 bits per heavy atom. The van der Waals surface area contributed by atoms with Crippen molar-refractivity contribution in [3.8, 4) is 38.4 Å². The number of unbranched alkanes of at least 4 members (excludes halogenated alkanes) is 3. The van der Waals surface area contributed by atoms with E-state index in [1.54, 1.807) is 19.2 Å². The average molecular weight is 1250 g/mol. The number of hydrogen-bond acceptors (Lipinski definition) is 22. The molecule has 0 aliphatic carbocycles. The highest BCUT2D eigenvalue weighted by Crippen LogP contribution is 2.33. The van der Waals surface area contributed by atoms with Crippen molar-refractivity contribution in [2.75, 3.05) is 59.7 Å². The van der Waals surface area contributed by atoms with Gasteiger partial charge < -0.3 is 97.8 Å². The summed E-state index contributed by atoms with van der Waals surface area (Å²) >= 11 is 1.30. The van der Waals surface area contributed by atoms with Crippen molar-refractivity contribution >= 4 is 52.7 Å². The number of carbonyl (C=O) groups is 7. The summed E-state index contributed by atoms with van der Waals surface area (Å²) < 4.78 is 16.5. The number of phenols is 1. The third kappa shape index (κ3) is 17.7. The summed E-state index contributed by atoms with van der Waals surface area (Å²) in [4.78, 5) is 103. The molecule has 0 unspecified atom stereocenters. The maximum absolute atomic E-state index is 14.7. The molecule has 4 aromatic rings. The van der Waals surface area contributed by atoms with E-state index in [-0.39, 0.29) is 55.3 Å². The fourth-order valence-electron chi connectivity index (χ4n) is 10.6. The first-order valence-electron chi connectivity index (χ1n) is 29.3. The highest BCUT2D eigenvalue weighted by Gasteiger charge is 2.50. The number of carbonyl (C=O) groups excluding carboxylic acids is 7. The van der Waals surface area contributed by atoms with Gasteiger partial charge in [0.15, 0.2) is 11.5 Å². The van der Waals surface area contributed by atoms with E-state index in [9.17, 15) is 69.3 Å². The molecule has 3 fully saturated rings. The lowest BCUT2D eigenvalue weighted by molar-refractivity contribution is -0.147. The monoisotopic (exact) mass is 1250 g/mol. The van der Waals surface area contributed by atoms with Crippen molar-refractivity contribution in [2.24, 2.45) is 17.4 Å². The van der Waals surface area contributed by atoms with Gasteiger partial charge in [-0.1, -0.05) is 42.9 Å². The van der Waals surface area contributed by atoms with E-state index in [2.05, 4.69) is 36.8 Å². The maximum Gasteiger partial charge on any atom is 0.251 e. The number of hydrogen-bond donors (Lipinski definition) is 14. The number of fused-ring (bicyclic) bond motifs is 2. The number of nitrogens with one attached hydrogen (secondary N) is 5. The van der Waals surface area contributed by atoms with E-state index in [1.807, 2.05) is 24.3 Å². The number of amides is 7. The Labute approximate surface area is 512 Å². The smallest absolute Gasteiger partial charge is 0.251 e. The molecule has 3 saturated heterocycles. The summed E-state index contributed by atoms with van der Waals surface area (Å²) in [6, 6.07) is 6.64. The summed E-state index contributed by atoms with van der Waals surface area (Å²) in [5.41, 5.74) is 13.1. The predicted octanol–water partition coefficient (Wildman–Crippen LogP) is -2.20. The van der Waals surface area contributed by atoms with Crippen LogP contribution in [-0.4, -0.2) is 230 Å². The molecule has 1 aromatic heterocycles. The Hall–Kier alpha value is -7.45. The summed E-state index contributed by atoms with van der Waals surface area (Å²) in [5.74, 6) is -7.95. The number of benzene rings is 3. The second kappa shape index (κ2) is 32.2. The number of aliphatic hydroxyl groups is 6. The molecule has 0 spiro atoms. The molecule has 0 bridgehead atoms. The second-order valence-corrected chi connectivity index (χ2v) is 23.3. The SMILES string of the molecule is COCCCCCCOc1ccc(-c2nnc(-c3ccc(C(=O)N[C@H]4C[C@@H](O)CNC(=O)[C@@H]5[C@@H](O)[C@@H](C)CN5C(=O)[C@H]([C@H](O)CCN)NC(=O)[C@H]([C@H](O)Cc5ccc(O)c(OCCN)c5)NC(=O)[C@@H]5C[C@@H](O)CN5C(=O)[C@H]([C@@H](C)O)NC4=O)cc3)s2)cc1. The highest BCUT2D eigenvalue weighted by atomic mass is 32.1. The largest absolute Gasteiger partial charge is 0.504 e. The van der Waals surface area contributed by atoms with Gasteiger partial charge in [-0.2, -0.15) is 0 Å². The molecule has 28 nitrogen and oxygen atoms in total. The third-order valence-corrected chi connectivity index (χ3v) is 16.5. The summed E-state index contributed by atoms with van der Waals surface area (Å²) in [6.07, 6.45) is -7.85. The first kappa shape index (κ1) is 68.0. The van der Waals surface area contributed by atoms with Crippen LogP contribution >= 0.6 is 11.3 Å². The lowest BCUT2D eigenvalue weighted by atomic mass is 9.98. The molecule has 7 rings (SSSR count). The lowest BCUT2D eigenvalue weighted by Gasteiger charge is -2.34. The number of nitrogens with zero attached hydrogens (tertiary/aromatic N) is 4. The van der Waals surface area contributed by atoms with E-state index >= 15 is 0 Å². The van der Waals surface area contributed by atoms with Gasteiger partial charge in [-0.3, -0.25) is 33.6 Å². The molecule has 480 valence electrons. The average Bonchev–Trinajstić information content (AvgIpc) is 2.61. The van der Waals surface area contributed by atoms with Crippen LogP contribution < -0.4 is 47.5 Å². The van der Waals surface area contributed by atoms with Crippen molar-refractivity contribution in [2.45, 2.75) is 138 Å². The zero-order valence-corrected chi connectivity index (χ0v) is 50.1. The van der Waals surface area contributed by atoms with Gasteiger partial charge in [-0.25, -0.2) is 0 Å². The molecule has 13 atom stereocenters. The third-order valence-electron chi connectivity index (χ3n) is 15.5. The van der Waals surface area contributed by atoms with Gasteiger partial charge in [0.05, 0.1) is 43.2 Å². The molecule has 0 radical (unpaired) electrons. The van der Waals surface area contributed by atoms with Crippen molar-refractivity contribution in [1.29, 1.82) is 0 Å². The first-order chi connectivity index (χ1) is 42.1. The van der Waals surface area contributed by atoms with Crippen LogP contribution in [0.1, 0.15) is 74.7 Å². The van der Waals surface area contributed by atoms with Crippen LogP contribution in [0.2, 0.25) is 0 Å². The molecule has 3 aliphatic rings. The molecule has 88 heavy (non-hydrogen) atoms. The van der Waals surface area contributed by atoms with Crippen LogP contribution in [-0.2, 0) is 39.9 Å². The molecule has 3 aliphatic heterocycles. The zero-order chi connectivity index (χ0) is 63.8. The molecule has 7 amide bonds. The summed E-state index contributed by atoms with van der Waals surface area (Å²) in [6.45, 7) is 2.38. The topological polar surface area (TPSA) is 433 Å². The fraction of sp³-hybridized carbons (Fsp3) is 0.542. The van der Waals surface area contributed by atoms with Crippen LogP contribution in [0.15, 0.2) is 66.7 Å². The minimum Gasteiger partial charge on any atom is -0.504 e. The van der Waals surface area contributed by atoms with Gasteiger partial charge in [0.2, 0.25) is 35.4 Å². The van der Waals surface area contributed by atoms with Gasteiger partial charge >= 0.3 is 0 Å². The van der Waals surface area contributed by atoms with Crippen LogP contribution in [0.4, 0.5) is 0 Å². The van der Waals surface area contributed by atoms with Gasteiger partial charge in [0.1, 0.15) is 58.6 Å². The predicted molar refractivity (Wildman–Crippen MR) is 318 cm³/mol. The van der Waals surface area contributed by atoms with Crippen molar-refractivity contribution in [1.82, 2.24) is 46.6 Å². The molecule has 3 aromatic carbocycles. The summed E-state index contributed by atoms with van der Waals surface area (Å²) in [7, 11) is 1.69. The number of β-amino-alcohol motifs (C(OH)–C–C–N with tert-alkyl or cyclic N) is 1. The first-order valence-corrected chi connectivity index (χ1v) is 30.1. The minimum atomic E-state index is -2.04. The number of nitrogens with two attached hydrogens (primary N) is 2. The summed E-state index contributed by atoms with van der Waals surface area (Å²) in [5, 5.41) is 101. The number of aliphatic hydroxyl groups excluding tert-OH is 6. The van der Waals surface area contributed by atoms with Gasteiger partial charge in [-0.15, -0.1) is 10.2 Å².